The number of rotatable bonds is 13. The van der Waals surface area contributed by atoms with Crippen molar-refractivity contribution in [1.29, 1.82) is 0 Å². The first-order valence-electron chi connectivity index (χ1n) is 11.7. The first-order chi connectivity index (χ1) is 13.8. The standard InChI is InChI=1S/C25H44N2O2/c1-21(2)28-17-7-5-6-9-22-10-8-11-24(19-22)29-18-16-27-14-12-23(13-15-27)20-25(3,4)26/h8,10-11,19,21,23H,5-7,9,12-18,20,26H2,1-4H3. The Balaban J connectivity index is 1.59. The van der Waals surface area contributed by atoms with Crippen LogP contribution in [0.25, 0.3) is 0 Å². The predicted octanol–water partition coefficient (Wildman–Crippen LogP) is 5.04. The lowest BCUT2D eigenvalue weighted by Crippen LogP contribution is -2.40. The van der Waals surface area contributed by atoms with Crippen LogP contribution in [0.3, 0.4) is 0 Å². The molecule has 2 rings (SSSR count). The number of hydrogen-bond acceptors (Lipinski definition) is 4. The van der Waals surface area contributed by atoms with Crippen LogP contribution in [0.4, 0.5) is 0 Å². The van der Waals surface area contributed by atoms with Crippen LogP contribution in [0, 0.1) is 5.92 Å². The molecule has 0 aromatic heterocycles. The van der Waals surface area contributed by atoms with Crippen molar-refractivity contribution in [2.75, 3.05) is 32.8 Å². The van der Waals surface area contributed by atoms with Crippen molar-refractivity contribution in [3.8, 4) is 5.75 Å². The second-order valence-electron chi connectivity index (χ2n) is 9.70. The molecular weight excluding hydrogens is 360 g/mol. The average molecular weight is 405 g/mol. The van der Waals surface area contributed by atoms with Gasteiger partial charge in [0.2, 0.25) is 0 Å². The minimum atomic E-state index is -0.0389. The van der Waals surface area contributed by atoms with E-state index in [0.29, 0.717) is 6.10 Å². The van der Waals surface area contributed by atoms with Crippen LogP contribution in [-0.2, 0) is 11.2 Å². The highest BCUT2D eigenvalue weighted by Crippen LogP contribution is 2.25. The molecule has 166 valence electrons. The molecule has 0 amide bonds. The van der Waals surface area contributed by atoms with E-state index in [1.165, 1.54) is 44.3 Å². The monoisotopic (exact) mass is 404 g/mol. The number of nitrogens with two attached hydrogens (primary N) is 1. The van der Waals surface area contributed by atoms with E-state index in [2.05, 4.69) is 56.9 Å². The fraction of sp³-hybridized carbons (Fsp3) is 0.760. The van der Waals surface area contributed by atoms with Crippen LogP contribution >= 0.6 is 0 Å². The third-order valence-electron chi connectivity index (χ3n) is 5.66. The van der Waals surface area contributed by atoms with Crippen LogP contribution in [-0.4, -0.2) is 49.4 Å². The van der Waals surface area contributed by atoms with E-state index in [9.17, 15) is 0 Å². The Morgan fingerprint density at radius 3 is 2.55 bits per heavy atom. The molecule has 1 saturated heterocycles. The number of piperidine rings is 1. The van der Waals surface area contributed by atoms with Gasteiger partial charge in [0.25, 0.3) is 0 Å². The van der Waals surface area contributed by atoms with Gasteiger partial charge in [0.15, 0.2) is 0 Å². The van der Waals surface area contributed by atoms with Gasteiger partial charge in [-0.05, 0) is 103 Å². The van der Waals surface area contributed by atoms with Crippen molar-refractivity contribution in [3.05, 3.63) is 29.8 Å². The lowest BCUT2D eigenvalue weighted by Gasteiger charge is -2.34. The van der Waals surface area contributed by atoms with Gasteiger partial charge in [-0.1, -0.05) is 18.6 Å². The SMILES string of the molecule is CC(C)OCCCCCc1cccc(OCCN2CCC(CC(C)(C)N)CC2)c1. The number of likely N-dealkylation sites (tertiary alicyclic amines) is 1. The third kappa shape index (κ3) is 11.0. The molecule has 1 aromatic rings. The summed E-state index contributed by atoms with van der Waals surface area (Å²) in [5.74, 6) is 1.78. The van der Waals surface area contributed by atoms with E-state index in [-0.39, 0.29) is 5.54 Å². The number of ether oxygens (including phenoxy) is 2. The van der Waals surface area contributed by atoms with Crippen LogP contribution < -0.4 is 10.5 Å². The molecule has 0 aliphatic carbocycles. The summed E-state index contributed by atoms with van der Waals surface area (Å²) in [6, 6.07) is 8.61. The van der Waals surface area contributed by atoms with Gasteiger partial charge in [-0.15, -0.1) is 0 Å². The van der Waals surface area contributed by atoms with Crippen molar-refractivity contribution >= 4 is 0 Å². The fourth-order valence-corrected chi connectivity index (χ4v) is 4.17. The van der Waals surface area contributed by atoms with Crippen LogP contribution in [0.5, 0.6) is 5.75 Å². The maximum absolute atomic E-state index is 6.18. The Morgan fingerprint density at radius 2 is 1.86 bits per heavy atom. The Kier molecular flexibility index (Phi) is 10.5. The van der Waals surface area contributed by atoms with Gasteiger partial charge in [0, 0.05) is 18.7 Å². The highest BCUT2D eigenvalue weighted by molar-refractivity contribution is 5.28. The molecule has 0 saturated carbocycles. The molecule has 1 aliphatic heterocycles. The summed E-state index contributed by atoms with van der Waals surface area (Å²) in [6.07, 6.45) is 8.69. The molecule has 29 heavy (non-hydrogen) atoms. The van der Waals surface area contributed by atoms with Crippen molar-refractivity contribution in [2.24, 2.45) is 11.7 Å². The van der Waals surface area contributed by atoms with Crippen molar-refractivity contribution in [1.82, 2.24) is 4.90 Å². The van der Waals surface area contributed by atoms with Crippen LogP contribution in [0.1, 0.15) is 71.8 Å². The van der Waals surface area contributed by atoms with Crippen molar-refractivity contribution in [3.63, 3.8) is 0 Å². The topological polar surface area (TPSA) is 47.7 Å². The molecule has 0 radical (unpaired) electrons. The summed E-state index contributed by atoms with van der Waals surface area (Å²) in [5, 5.41) is 0. The van der Waals surface area contributed by atoms with Gasteiger partial charge in [0.05, 0.1) is 6.10 Å². The van der Waals surface area contributed by atoms with E-state index in [0.717, 1.165) is 50.7 Å². The largest absolute Gasteiger partial charge is 0.492 e. The Bertz CT molecular complexity index is 560. The van der Waals surface area contributed by atoms with Crippen LogP contribution in [0.15, 0.2) is 24.3 Å². The first kappa shape index (κ1) is 24.2. The highest BCUT2D eigenvalue weighted by atomic mass is 16.5. The zero-order valence-corrected chi connectivity index (χ0v) is 19.3. The quantitative estimate of drug-likeness (QED) is 0.468. The summed E-state index contributed by atoms with van der Waals surface area (Å²) in [7, 11) is 0. The molecule has 0 unspecified atom stereocenters. The smallest absolute Gasteiger partial charge is 0.119 e. The van der Waals surface area contributed by atoms with Gasteiger partial charge < -0.3 is 15.2 Å². The fourth-order valence-electron chi connectivity index (χ4n) is 4.17. The summed E-state index contributed by atoms with van der Waals surface area (Å²) in [5.41, 5.74) is 7.51. The Hall–Kier alpha value is -1.10. The second kappa shape index (κ2) is 12.6. The molecule has 0 bridgehead atoms. The first-order valence-corrected chi connectivity index (χ1v) is 11.7. The minimum Gasteiger partial charge on any atom is -0.492 e. The number of aryl methyl sites for hydroxylation is 1. The summed E-state index contributed by atoms with van der Waals surface area (Å²) < 4.78 is 11.7. The predicted molar refractivity (Wildman–Crippen MR) is 123 cm³/mol. The number of benzene rings is 1. The molecule has 4 heteroatoms. The molecule has 1 heterocycles. The lowest BCUT2D eigenvalue weighted by atomic mass is 9.85. The lowest BCUT2D eigenvalue weighted by molar-refractivity contribution is 0.0758. The number of unbranched alkanes of at least 4 members (excludes halogenated alkanes) is 2. The van der Waals surface area contributed by atoms with Gasteiger partial charge in [-0.25, -0.2) is 0 Å². The normalized spacial score (nSPS) is 16.5. The molecule has 1 aromatic carbocycles. The maximum Gasteiger partial charge on any atom is 0.119 e. The van der Waals surface area contributed by atoms with Gasteiger partial charge >= 0.3 is 0 Å². The van der Waals surface area contributed by atoms with Crippen LogP contribution in [0.2, 0.25) is 0 Å². The zero-order chi connectivity index (χ0) is 21.1. The summed E-state index contributed by atoms with van der Waals surface area (Å²) in [4.78, 5) is 2.53. The van der Waals surface area contributed by atoms with Gasteiger partial charge in [-0.2, -0.15) is 0 Å². The summed E-state index contributed by atoms with van der Waals surface area (Å²) in [6.45, 7) is 13.5. The third-order valence-corrected chi connectivity index (χ3v) is 5.66. The van der Waals surface area contributed by atoms with Crippen molar-refractivity contribution in [2.45, 2.75) is 84.3 Å². The zero-order valence-electron chi connectivity index (χ0n) is 19.3. The molecule has 2 N–H and O–H groups in total. The van der Waals surface area contributed by atoms with E-state index in [1.54, 1.807) is 0 Å². The maximum atomic E-state index is 6.18. The molecule has 4 nitrogen and oxygen atoms in total. The van der Waals surface area contributed by atoms with E-state index in [1.807, 2.05) is 0 Å². The second-order valence-corrected chi connectivity index (χ2v) is 9.70. The van der Waals surface area contributed by atoms with Gasteiger partial charge in [0.1, 0.15) is 12.4 Å². The van der Waals surface area contributed by atoms with E-state index < -0.39 is 0 Å². The Morgan fingerprint density at radius 1 is 1.10 bits per heavy atom. The van der Waals surface area contributed by atoms with E-state index in [4.69, 9.17) is 15.2 Å². The molecule has 0 spiro atoms. The molecule has 1 fully saturated rings. The number of hydrogen-bond donors (Lipinski definition) is 1. The summed E-state index contributed by atoms with van der Waals surface area (Å²) >= 11 is 0. The molecule has 0 atom stereocenters. The number of nitrogens with zero attached hydrogens (tertiary/aromatic N) is 1. The van der Waals surface area contributed by atoms with Crippen molar-refractivity contribution < 1.29 is 9.47 Å². The average Bonchev–Trinajstić information content (AvgIpc) is 2.65. The highest BCUT2D eigenvalue weighted by Gasteiger charge is 2.23. The van der Waals surface area contributed by atoms with E-state index >= 15 is 0 Å². The molecular formula is C25H44N2O2. The minimum absolute atomic E-state index is 0.0389. The van der Waals surface area contributed by atoms with Gasteiger partial charge in [-0.3, -0.25) is 4.90 Å². The molecule has 1 aliphatic rings. The Labute approximate surface area is 179 Å².